The number of nitrogens with zero attached hydrogens (tertiary/aromatic N) is 1. The highest BCUT2D eigenvalue weighted by Crippen LogP contribution is 2.21. The maximum atomic E-state index is 12.7. The maximum Gasteiger partial charge on any atom is 0.338 e. The van der Waals surface area contributed by atoms with Crippen LogP contribution in [-0.2, 0) is 30.8 Å². The van der Waals surface area contributed by atoms with E-state index in [0.29, 0.717) is 18.7 Å². The van der Waals surface area contributed by atoms with Crippen LogP contribution in [0.1, 0.15) is 45.5 Å². The highest BCUT2D eigenvalue weighted by atomic mass is 32.2. The monoisotopic (exact) mass is 474 g/mol. The summed E-state index contributed by atoms with van der Waals surface area (Å²) in [6, 6.07) is 12.0. The van der Waals surface area contributed by atoms with Crippen molar-refractivity contribution in [3.63, 3.8) is 0 Å². The number of carbonyl (C=O) groups excluding carboxylic acids is 3. The topological polar surface area (TPSA) is 119 Å². The molecule has 176 valence electrons. The van der Waals surface area contributed by atoms with E-state index in [4.69, 9.17) is 4.74 Å². The standard InChI is InChI=1S/C23H26N2O7S/c1-31-22(27)18-7-5-17(6-8-18)15-24-21(26)16-32-23(28)19-9-11-20(12-10-19)33(29,30)25-13-3-2-4-14-25/h5-12H,2-4,13-16H2,1H3,(H,24,26). The Balaban J connectivity index is 1.48. The molecule has 0 aromatic heterocycles. The van der Waals surface area contributed by atoms with Crippen molar-refractivity contribution in [1.82, 2.24) is 9.62 Å². The zero-order valence-electron chi connectivity index (χ0n) is 18.3. The molecule has 0 atom stereocenters. The van der Waals surface area contributed by atoms with Crippen LogP contribution < -0.4 is 5.32 Å². The van der Waals surface area contributed by atoms with Gasteiger partial charge in [-0.15, -0.1) is 0 Å². The Hall–Kier alpha value is -3.24. The lowest BCUT2D eigenvalue weighted by molar-refractivity contribution is -0.124. The molecule has 1 heterocycles. The summed E-state index contributed by atoms with van der Waals surface area (Å²) in [7, 11) is -2.29. The zero-order valence-corrected chi connectivity index (χ0v) is 19.1. The van der Waals surface area contributed by atoms with Crippen molar-refractivity contribution in [3.8, 4) is 0 Å². The minimum atomic E-state index is -3.58. The van der Waals surface area contributed by atoms with E-state index in [1.54, 1.807) is 24.3 Å². The summed E-state index contributed by atoms with van der Waals surface area (Å²) >= 11 is 0. The Kier molecular flexibility index (Phi) is 8.18. The number of sulfonamides is 1. The number of hydrogen-bond acceptors (Lipinski definition) is 7. The first-order chi connectivity index (χ1) is 15.8. The normalized spacial score (nSPS) is 14.3. The first-order valence-corrected chi connectivity index (χ1v) is 12.0. The summed E-state index contributed by atoms with van der Waals surface area (Å²) in [4.78, 5) is 35.7. The lowest BCUT2D eigenvalue weighted by Crippen LogP contribution is -2.35. The number of ether oxygens (including phenoxy) is 2. The second kappa shape index (κ2) is 11.1. The highest BCUT2D eigenvalue weighted by molar-refractivity contribution is 7.89. The summed E-state index contributed by atoms with van der Waals surface area (Å²) in [6.45, 7) is 0.709. The first-order valence-electron chi connectivity index (χ1n) is 10.5. The number of amides is 1. The maximum absolute atomic E-state index is 12.7. The van der Waals surface area contributed by atoms with Crippen LogP contribution in [0.2, 0.25) is 0 Å². The molecule has 3 rings (SSSR count). The van der Waals surface area contributed by atoms with Gasteiger partial charge >= 0.3 is 11.9 Å². The Morgan fingerprint density at radius 1 is 0.879 bits per heavy atom. The minimum absolute atomic E-state index is 0.122. The third kappa shape index (κ3) is 6.39. The quantitative estimate of drug-likeness (QED) is 0.582. The molecule has 1 aliphatic rings. The van der Waals surface area contributed by atoms with E-state index < -0.39 is 34.5 Å². The van der Waals surface area contributed by atoms with E-state index in [9.17, 15) is 22.8 Å². The van der Waals surface area contributed by atoms with Gasteiger partial charge in [0.2, 0.25) is 10.0 Å². The van der Waals surface area contributed by atoms with E-state index in [1.807, 2.05) is 0 Å². The van der Waals surface area contributed by atoms with Crippen LogP contribution in [0.15, 0.2) is 53.4 Å². The van der Waals surface area contributed by atoms with Crippen molar-refractivity contribution in [1.29, 1.82) is 0 Å². The number of methoxy groups -OCH3 is 1. The van der Waals surface area contributed by atoms with E-state index >= 15 is 0 Å². The van der Waals surface area contributed by atoms with Gasteiger partial charge in [0.05, 0.1) is 23.1 Å². The van der Waals surface area contributed by atoms with Gasteiger partial charge in [-0.25, -0.2) is 18.0 Å². The Morgan fingerprint density at radius 3 is 2.06 bits per heavy atom. The number of esters is 2. The van der Waals surface area contributed by atoms with Crippen LogP contribution in [0.25, 0.3) is 0 Å². The van der Waals surface area contributed by atoms with Crippen LogP contribution in [0.3, 0.4) is 0 Å². The number of hydrogen-bond donors (Lipinski definition) is 1. The zero-order chi connectivity index (χ0) is 23.8. The number of carbonyl (C=O) groups is 3. The summed E-state index contributed by atoms with van der Waals surface area (Å²) in [5, 5.41) is 2.62. The van der Waals surface area contributed by atoms with Gasteiger partial charge in [-0.3, -0.25) is 4.79 Å². The van der Waals surface area contributed by atoms with Gasteiger partial charge in [-0.05, 0) is 54.8 Å². The third-order valence-electron chi connectivity index (χ3n) is 5.24. The molecule has 1 N–H and O–H groups in total. The summed E-state index contributed by atoms with van der Waals surface area (Å²) < 4.78 is 36.4. The Bertz CT molecular complexity index is 1090. The lowest BCUT2D eigenvalue weighted by atomic mass is 10.1. The molecule has 1 amide bonds. The van der Waals surface area contributed by atoms with E-state index in [2.05, 4.69) is 10.1 Å². The summed E-state index contributed by atoms with van der Waals surface area (Å²) in [5.74, 6) is -1.67. The second-order valence-electron chi connectivity index (χ2n) is 7.53. The predicted molar refractivity (Wildman–Crippen MR) is 119 cm³/mol. The predicted octanol–water partition coefficient (Wildman–Crippen LogP) is 2.12. The van der Waals surface area contributed by atoms with Crippen molar-refractivity contribution in [2.75, 3.05) is 26.8 Å². The Labute approximate surface area is 192 Å². The molecular formula is C23H26N2O7S. The molecule has 2 aromatic carbocycles. The van der Waals surface area contributed by atoms with Gasteiger partial charge in [0, 0.05) is 19.6 Å². The fourth-order valence-corrected chi connectivity index (χ4v) is 4.88. The van der Waals surface area contributed by atoms with Crippen LogP contribution >= 0.6 is 0 Å². The largest absolute Gasteiger partial charge is 0.465 e. The number of nitrogens with one attached hydrogen (secondary N) is 1. The molecule has 33 heavy (non-hydrogen) atoms. The van der Waals surface area contributed by atoms with Gasteiger partial charge in [0.15, 0.2) is 6.61 Å². The lowest BCUT2D eigenvalue weighted by Gasteiger charge is -2.25. The molecule has 10 heteroatoms. The summed E-state index contributed by atoms with van der Waals surface area (Å²) in [5.41, 5.74) is 1.31. The van der Waals surface area contributed by atoms with E-state index in [1.165, 1.54) is 35.7 Å². The van der Waals surface area contributed by atoms with Gasteiger partial charge in [-0.2, -0.15) is 4.31 Å². The average molecular weight is 475 g/mol. The number of piperidine rings is 1. The molecule has 1 saturated heterocycles. The minimum Gasteiger partial charge on any atom is -0.465 e. The number of rotatable bonds is 8. The molecule has 0 aliphatic carbocycles. The molecule has 0 bridgehead atoms. The molecule has 1 aliphatic heterocycles. The molecular weight excluding hydrogens is 448 g/mol. The van der Waals surface area contributed by atoms with Crippen molar-refractivity contribution < 1.29 is 32.3 Å². The first kappa shape index (κ1) is 24.4. The van der Waals surface area contributed by atoms with Crippen molar-refractivity contribution in [2.45, 2.75) is 30.7 Å². The van der Waals surface area contributed by atoms with Gasteiger partial charge in [0.1, 0.15) is 0 Å². The van der Waals surface area contributed by atoms with Crippen LogP contribution in [0.5, 0.6) is 0 Å². The summed E-state index contributed by atoms with van der Waals surface area (Å²) in [6.07, 6.45) is 2.70. The molecule has 0 spiro atoms. The van der Waals surface area contributed by atoms with Gasteiger partial charge in [-0.1, -0.05) is 18.6 Å². The molecule has 0 saturated carbocycles. The van der Waals surface area contributed by atoms with E-state index in [-0.39, 0.29) is 17.0 Å². The van der Waals surface area contributed by atoms with E-state index in [0.717, 1.165) is 24.8 Å². The molecule has 0 radical (unpaired) electrons. The molecule has 0 unspecified atom stereocenters. The van der Waals surface area contributed by atoms with Crippen molar-refractivity contribution in [2.24, 2.45) is 0 Å². The molecule has 1 fully saturated rings. The van der Waals surface area contributed by atoms with Gasteiger partial charge < -0.3 is 14.8 Å². The van der Waals surface area contributed by atoms with Crippen LogP contribution in [-0.4, -0.2) is 57.4 Å². The SMILES string of the molecule is COC(=O)c1ccc(CNC(=O)COC(=O)c2ccc(S(=O)(=O)N3CCCCC3)cc2)cc1. The van der Waals surface area contributed by atoms with Gasteiger partial charge in [0.25, 0.3) is 5.91 Å². The average Bonchev–Trinajstić information content (AvgIpc) is 2.86. The smallest absolute Gasteiger partial charge is 0.338 e. The van der Waals surface area contributed by atoms with Crippen molar-refractivity contribution in [3.05, 3.63) is 65.2 Å². The number of benzene rings is 2. The third-order valence-corrected chi connectivity index (χ3v) is 7.15. The van der Waals surface area contributed by atoms with Crippen molar-refractivity contribution >= 4 is 27.9 Å². The molecule has 2 aromatic rings. The highest BCUT2D eigenvalue weighted by Gasteiger charge is 2.26. The Morgan fingerprint density at radius 2 is 1.45 bits per heavy atom. The van der Waals surface area contributed by atoms with Crippen LogP contribution in [0, 0.1) is 0 Å². The fraction of sp³-hybridized carbons (Fsp3) is 0.348. The second-order valence-corrected chi connectivity index (χ2v) is 9.47. The fourth-order valence-electron chi connectivity index (χ4n) is 3.36. The van der Waals surface area contributed by atoms with Crippen LogP contribution in [0.4, 0.5) is 0 Å². The molecule has 9 nitrogen and oxygen atoms in total.